The van der Waals surface area contributed by atoms with E-state index in [4.69, 9.17) is 0 Å². The molecule has 0 fully saturated rings. The molecule has 0 aliphatic rings. The Hall–Kier alpha value is -2.18. The lowest BCUT2D eigenvalue weighted by atomic mass is 10.1. The van der Waals surface area contributed by atoms with Crippen LogP contribution in [-0.4, -0.2) is 24.9 Å². The van der Waals surface area contributed by atoms with Crippen molar-refractivity contribution >= 4 is 16.9 Å². The van der Waals surface area contributed by atoms with E-state index in [0.717, 1.165) is 32.1 Å². The highest BCUT2D eigenvalue weighted by Gasteiger charge is 2.21. The summed E-state index contributed by atoms with van der Waals surface area (Å²) in [6.07, 6.45) is 5.01. The van der Waals surface area contributed by atoms with Crippen molar-refractivity contribution in [3.05, 3.63) is 26.7 Å². The first-order valence-electron chi connectivity index (χ1n) is 8.24. The van der Waals surface area contributed by atoms with E-state index in [1.54, 1.807) is 11.6 Å². The van der Waals surface area contributed by atoms with Crippen LogP contribution in [0.1, 0.15) is 63.0 Å². The zero-order valence-electron chi connectivity index (χ0n) is 14.0. The molecule has 0 unspecified atom stereocenters. The Labute approximate surface area is 134 Å². The van der Waals surface area contributed by atoms with Gasteiger partial charge in [0.1, 0.15) is 0 Å². The van der Waals surface area contributed by atoms with E-state index < -0.39 is 11.2 Å². The van der Waals surface area contributed by atoms with E-state index in [1.165, 1.54) is 4.57 Å². The second kappa shape index (κ2) is 7.39. The van der Waals surface area contributed by atoms with Crippen LogP contribution in [0, 0.1) is 0 Å². The number of unbranched alkanes of at least 4 members (excludes halogenated alkanes) is 3. The van der Waals surface area contributed by atoms with Gasteiger partial charge < -0.3 is 4.57 Å². The van der Waals surface area contributed by atoms with Crippen molar-refractivity contribution < 1.29 is 4.79 Å². The van der Waals surface area contributed by atoms with Crippen molar-refractivity contribution in [1.82, 2.24) is 19.1 Å². The van der Waals surface area contributed by atoms with E-state index in [0.29, 0.717) is 18.5 Å². The van der Waals surface area contributed by atoms with Crippen molar-refractivity contribution in [2.75, 3.05) is 0 Å². The van der Waals surface area contributed by atoms with Crippen molar-refractivity contribution in [3.63, 3.8) is 0 Å². The summed E-state index contributed by atoms with van der Waals surface area (Å²) in [7, 11) is 1.54. The standard InChI is InChI=1S/C16H24N4O3/c1-4-6-8-9-11(21)13-17-14-12(20(13)10-7-5-2)15(22)18-16(23)19(14)3/h4-10H2,1-3H3,(H,18,22,23). The maximum absolute atomic E-state index is 12.5. The number of H-pyrrole nitrogens is 1. The van der Waals surface area contributed by atoms with Gasteiger partial charge in [-0.3, -0.25) is 19.1 Å². The minimum absolute atomic E-state index is 0.0717. The van der Waals surface area contributed by atoms with Gasteiger partial charge in [0.25, 0.3) is 5.56 Å². The highest BCUT2D eigenvalue weighted by molar-refractivity contribution is 5.95. The van der Waals surface area contributed by atoms with Crippen LogP contribution in [0.4, 0.5) is 0 Å². The van der Waals surface area contributed by atoms with Crippen LogP contribution in [0.25, 0.3) is 11.2 Å². The molecule has 0 bridgehead atoms. The van der Waals surface area contributed by atoms with Crippen LogP contribution in [0.5, 0.6) is 0 Å². The summed E-state index contributed by atoms with van der Waals surface area (Å²) in [4.78, 5) is 43.0. The summed E-state index contributed by atoms with van der Waals surface area (Å²) < 4.78 is 2.95. The quantitative estimate of drug-likeness (QED) is 0.595. The van der Waals surface area contributed by atoms with Gasteiger partial charge in [0.2, 0.25) is 0 Å². The van der Waals surface area contributed by atoms with E-state index in [2.05, 4.69) is 16.9 Å². The fourth-order valence-corrected chi connectivity index (χ4v) is 2.63. The number of aromatic nitrogens is 4. The Balaban J connectivity index is 2.56. The summed E-state index contributed by atoms with van der Waals surface area (Å²) in [5, 5.41) is 0. The summed E-state index contributed by atoms with van der Waals surface area (Å²) in [6, 6.07) is 0. The molecule has 23 heavy (non-hydrogen) atoms. The van der Waals surface area contributed by atoms with Crippen LogP contribution < -0.4 is 11.2 Å². The molecule has 0 aliphatic heterocycles. The maximum atomic E-state index is 12.5. The third-order valence-electron chi connectivity index (χ3n) is 4.00. The topological polar surface area (TPSA) is 89.8 Å². The lowest BCUT2D eigenvalue weighted by Gasteiger charge is -2.07. The van der Waals surface area contributed by atoms with Gasteiger partial charge in [-0.05, 0) is 12.8 Å². The SMILES string of the molecule is CCCCCC(=O)c1nc2c(c(=O)[nH]c(=O)n2C)n1CCCC. The number of nitrogens with zero attached hydrogens (tertiary/aromatic N) is 3. The molecule has 0 radical (unpaired) electrons. The average molecular weight is 320 g/mol. The molecular weight excluding hydrogens is 296 g/mol. The van der Waals surface area contributed by atoms with E-state index >= 15 is 0 Å². The molecule has 0 atom stereocenters. The largest absolute Gasteiger partial charge is 0.329 e. The summed E-state index contributed by atoms with van der Waals surface area (Å²) in [5.74, 6) is 0.217. The first-order valence-corrected chi connectivity index (χ1v) is 8.24. The normalized spacial score (nSPS) is 11.3. The van der Waals surface area contributed by atoms with Crippen LogP contribution in [-0.2, 0) is 13.6 Å². The maximum Gasteiger partial charge on any atom is 0.329 e. The predicted molar refractivity (Wildman–Crippen MR) is 89.0 cm³/mol. The number of nitrogens with one attached hydrogen (secondary N) is 1. The highest BCUT2D eigenvalue weighted by atomic mass is 16.2. The van der Waals surface area contributed by atoms with Crippen molar-refractivity contribution in [3.8, 4) is 0 Å². The third-order valence-corrected chi connectivity index (χ3v) is 4.00. The Morgan fingerprint density at radius 2 is 1.83 bits per heavy atom. The molecule has 0 spiro atoms. The number of hydrogen-bond donors (Lipinski definition) is 1. The summed E-state index contributed by atoms with van der Waals surface area (Å²) >= 11 is 0. The molecule has 2 aromatic rings. The second-order valence-corrected chi connectivity index (χ2v) is 5.81. The molecule has 0 amide bonds. The first kappa shape index (κ1) is 17.2. The molecule has 126 valence electrons. The Morgan fingerprint density at radius 1 is 1.13 bits per heavy atom. The molecule has 0 saturated heterocycles. The summed E-state index contributed by atoms with van der Waals surface area (Å²) in [6.45, 7) is 4.67. The molecule has 2 heterocycles. The number of aromatic amines is 1. The number of aryl methyl sites for hydroxylation is 2. The molecule has 1 N–H and O–H groups in total. The number of Topliss-reactive ketones (excluding diaryl/α,β-unsaturated/α-hetero) is 1. The van der Waals surface area contributed by atoms with E-state index in [9.17, 15) is 14.4 Å². The van der Waals surface area contributed by atoms with Crippen LogP contribution in [0.2, 0.25) is 0 Å². The van der Waals surface area contributed by atoms with Crippen LogP contribution >= 0.6 is 0 Å². The lowest BCUT2D eigenvalue weighted by molar-refractivity contribution is 0.0965. The number of rotatable bonds is 8. The third kappa shape index (κ3) is 3.43. The lowest BCUT2D eigenvalue weighted by Crippen LogP contribution is -2.29. The molecule has 0 aromatic carbocycles. The zero-order chi connectivity index (χ0) is 17.0. The van der Waals surface area contributed by atoms with Crippen LogP contribution in [0.15, 0.2) is 9.59 Å². The first-order chi connectivity index (χ1) is 11.0. The van der Waals surface area contributed by atoms with Crippen molar-refractivity contribution in [1.29, 1.82) is 0 Å². The van der Waals surface area contributed by atoms with Gasteiger partial charge in [-0.2, -0.15) is 0 Å². The number of carbonyl (C=O) groups excluding carboxylic acids is 1. The average Bonchev–Trinajstić information content (AvgIpc) is 2.91. The molecule has 7 heteroatoms. The second-order valence-electron chi connectivity index (χ2n) is 5.81. The molecule has 7 nitrogen and oxygen atoms in total. The Kier molecular flexibility index (Phi) is 5.52. The fourth-order valence-electron chi connectivity index (χ4n) is 2.63. The minimum Gasteiger partial charge on any atom is -0.316 e. The van der Waals surface area contributed by atoms with Crippen molar-refractivity contribution in [2.24, 2.45) is 7.05 Å². The monoisotopic (exact) mass is 320 g/mol. The smallest absolute Gasteiger partial charge is 0.316 e. The molecule has 0 saturated carbocycles. The Bertz CT molecular complexity index is 813. The number of hydrogen-bond acceptors (Lipinski definition) is 4. The summed E-state index contributed by atoms with van der Waals surface area (Å²) in [5.41, 5.74) is -0.431. The van der Waals surface area contributed by atoms with E-state index in [1.807, 2.05) is 6.92 Å². The minimum atomic E-state index is -0.521. The molecule has 0 aliphatic carbocycles. The van der Waals surface area contributed by atoms with Gasteiger partial charge in [-0.1, -0.05) is 33.1 Å². The van der Waals surface area contributed by atoms with Gasteiger partial charge in [0.05, 0.1) is 0 Å². The zero-order valence-corrected chi connectivity index (χ0v) is 14.0. The van der Waals surface area contributed by atoms with Gasteiger partial charge in [-0.15, -0.1) is 0 Å². The van der Waals surface area contributed by atoms with Crippen LogP contribution in [0.3, 0.4) is 0 Å². The molecule has 2 rings (SSSR count). The predicted octanol–water partition coefficient (Wildman–Crippen LogP) is 1.99. The Morgan fingerprint density at radius 3 is 2.48 bits per heavy atom. The number of carbonyl (C=O) groups is 1. The highest BCUT2D eigenvalue weighted by Crippen LogP contribution is 2.15. The van der Waals surface area contributed by atoms with Gasteiger partial charge in [-0.25, -0.2) is 9.78 Å². The number of ketones is 1. The van der Waals surface area contributed by atoms with Gasteiger partial charge in [0.15, 0.2) is 22.8 Å². The fraction of sp³-hybridized carbons (Fsp3) is 0.625. The number of imidazole rings is 1. The van der Waals surface area contributed by atoms with Gasteiger partial charge >= 0.3 is 5.69 Å². The molecular formula is C16H24N4O3. The number of fused-ring (bicyclic) bond motifs is 1. The van der Waals surface area contributed by atoms with Crippen molar-refractivity contribution in [2.45, 2.75) is 58.9 Å². The van der Waals surface area contributed by atoms with Gasteiger partial charge in [0, 0.05) is 20.0 Å². The van der Waals surface area contributed by atoms with E-state index in [-0.39, 0.29) is 17.3 Å². The molecule has 2 aromatic heterocycles.